The standard InChI is InChI=1S/C21H31N3O4/c1-6-10-24(18(25)16-8-7-9-22-17(16)27-5)15-11-21(12-15)13-23(14-21)19(26)28-20(2,3)4/h7-9,15H,6,10-14H2,1-5H3. The number of ether oxygens (including phenoxy) is 2. The van der Waals surface area contributed by atoms with Crippen LogP contribution in [0.3, 0.4) is 0 Å². The van der Waals surface area contributed by atoms with Crippen LogP contribution >= 0.6 is 0 Å². The number of aromatic nitrogens is 1. The van der Waals surface area contributed by atoms with E-state index in [0.717, 1.165) is 19.3 Å². The molecule has 1 aromatic rings. The fourth-order valence-corrected chi connectivity index (χ4v) is 4.20. The Bertz CT molecular complexity index is 729. The smallest absolute Gasteiger partial charge is 0.410 e. The molecule has 2 fully saturated rings. The topological polar surface area (TPSA) is 72.0 Å². The Morgan fingerprint density at radius 3 is 2.57 bits per heavy atom. The highest BCUT2D eigenvalue weighted by atomic mass is 16.6. The van der Waals surface area contributed by atoms with Crippen molar-refractivity contribution in [2.45, 2.75) is 58.6 Å². The van der Waals surface area contributed by atoms with Gasteiger partial charge < -0.3 is 19.3 Å². The number of hydrogen-bond donors (Lipinski definition) is 0. The number of likely N-dealkylation sites (tertiary alicyclic amines) is 1. The van der Waals surface area contributed by atoms with Gasteiger partial charge in [-0.15, -0.1) is 0 Å². The maximum absolute atomic E-state index is 13.1. The second kappa shape index (κ2) is 7.60. The normalized spacial score (nSPS) is 18.2. The highest BCUT2D eigenvalue weighted by Gasteiger charge is 2.56. The number of carbonyl (C=O) groups excluding carboxylic acids is 2. The van der Waals surface area contributed by atoms with E-state index in [2.05, 4.69) is 11.9 Å². The molecule has 0 aromatic carbocycles. The summed E-state index contributed by atoms with van der Waals surface area (Å²) in [4.78, 5) is 33.1. The number of methoxy groups -OCH3 is 1. The molecule has 2 heterocycles. The summed E-state index contributed by atoms with van der Waals surface area (Å²) in [6.07, 6.45) is 4.10. The minimum Gasteiger partial charge on any atom is -0.480 e. The van der Waals surface area contributed by atoms with E-state index in [1.165, 1.54) is 7.11 Å². The molecule has 3 rings (SSSR count). The van der Waals surface area contributed by atoms with Crippen LogP contribution in [0.25, 0.3) is 0 Å². The van der Waals surface area contributed by atoms with Gasteiger partial charge >= 0.3 is 6.09 Å². The van der Waals surface area contributed by atoms with Crippen LogP contribution in [0.2, 0.25) is 0 Å². The van der Waals surface area contributed by atoms with Gasteiger partial charge in [0, 0.05) is 37.3 Å². The molecule has 2 amide bonds. The molecule has 0 atom stereocenters. The van der Waals surface area contributed by atoms with Crippen molar-refractivity contribution < 1.29 is 19.1 Å². The molecule has 154 valence electrons. The van der Waals surface area contributed by atoms with Crippen molar-refractivity contribution in [1.29, 1.82) is 0 Å². The summed E-state index contributed by atoms with van der Waals surface area (Å²) >= 11 is 0. The second-order valence-corrected chi connectivity index (χ2v) is 8.96. The summed E-state index contributed by atoms with van der Waals surface area (Å²) in [5.41, 5.74) is 0.158. The summed E-state index contributed by atoms with van der Waals surface area (Å²) < 4.78 is 10.7. The highest BCUT2D eigenvalue weighted by molar-refractivity contribution is 5.96. The molecule has 28 heavy (non-hydrogen) atoms. The summed E-state index contributed by atoms with van der Waals surface area (Å²) in [6, 6.07) is 3.71. The van der Waals surface area contributed by atoms with Crippen molar-refractivity contribution in [3.05, 3.63) is 23.9 Å². The molecule has 0 radical (unpaired) electrons. The Kier molecular flexibility index (Phi) is 5.55. The Hall–Kier alpha value is -2.31. The number of rotatable bonds is 5. The molecule has 1 aliphatic carbocycles. The van der Waals surface area contributed by atoms with E-state index in [1.807, 2.05) is 25.7 Å². The lowest BCUT2D eigenvalue weighted by Gasteiger charge is -2.60. The van der Waals surface area contributed by atoms with Gasteiger partial charge in [-0.2, -0.15) is 0 Å². The Labute approximate surface area is 167 Å². The van der Waals surface area contributed by atoms with Gasteiger partial charge in [0.2, 0.25) is 5.88 Å². The minimum absolute atomic E-state index is 0.0324. The number of nitrogens with zero attached hydrogens (tertiary/aromatic N) is 3. The van der Waals surface area contributed by atoms with Crippen LogP contribution in [0.4, 0.5) is 4.79 Å². The first-order valence-electron chi connectivity index (χ1n) is 9.96. The molecule has 1 aromatic heterocycles. The van der Waals surface area contributed by atoms with Gasteiger partial charge in [-0.1, -0.05) is 6.92 Å². The van der Waals surface area contributed by atoms with Gasteiger partial charge in [0.15, 0.2) is 0 Å². The Morgan fingerprint density at radius 2 is 2.00 bits per heavy atom. The zero-order valence-electron chi connectivity index (χ0n) is 17.5. The van der Waals surface area contributed by atoms with Gasteiger partial charge in [0.1, 0.15) is 11.2 Å². The van der Waals surface area contributed by atoms with Crippen LogP contribution in [0.15, 0.2) is 18.3 Å². The van der Waals surface area contributed by atoms with E-state index in [0.29, 0.717) is 31.1 Å². The fourth-order valence-electron chi connectivity index (χ4n) is 4.20. The Morgan fingerprint density at radius 1 is 1.32 bits per heavy atom. The maximum atomic E-state index is 13.1. The minimum atomic E-state index is -0.477. The zero-order chi connectivity index (χ0) is 20.5. The van der Waals surface area contributed by atoms with Crippen molar-refractivity contribution in [2.75, 3.05) is 26.7 Å². The van der Waals surface area contributed by atoms with Crippen molar-refractivity contribution in [1.82, 2.24) is 14.8 Å². The molecule has 2 aliphatic rings. The van der Waals surface area contributed by atoms with Crippen molar-refractivity contribution in [2.24, 2.45) is 5.41 Å². The molecule has 7 heteroatoms. The quantitative estimate of drug-likeness (QED) is 0.772. The summed E-state index contributed by atoms with van der Waals surface area (Å²) in [5.74, 6) is 0.331. The molecule has 1 saturated heterocycles. The van der Waals surface area contributed by atoms with E-state index < -0.39 is 5.60 Å². The van der Waals surface area contributed by atoms with Gasteiger partial charge in [-0.05, 0) is 52.2 Å². The number of hydrogen-bond acceptors (Lipinski definition) is 5. The van der Waals surface area contributed by atoms with Crippen molar-refractivity contribution >= 4 is 12.0 Å². The lowest BCUT2D eigenvalue weighted by Crippen LogP contribution is -2.68. The molecule has 1 aliphatic heterocycles. The number of carbonyl (C=O) groups is 2. The average Bonchev–Trinajstić information content (AvgIpc) is 2.56. The van der Waals surface area contributed by atoms with Gasteiger partial charge in [-0.3, -0.25) is 4.79 Å². The molecule has 0 bridgehead atoms. The van der Waals surface area contributed by atoms with Crippen LogP contribution in [-0.4, -0.2) is 65.2 Å². The third-order valence-electron chi connectivity index (χ3n) is 5.40. The third kappa shape index (κ3) is 4.08. The molecule has 0 N–H and O–H groups in total. The van der Waals surface area contributed by atoms with Gasteiger partial charge in [0.05, 0.1) is 7.11 Å². The fraction of sp³-hybridized carbons (Fsp3) is 0.667. The second-order valence-electron chi connectivity index (χ2n) is 8.96. The van der Waals surface area contributed by atoms with Crippen LogP contribution in [0, 0.1) is 5.41 Å². The summed E-state index contributed by atoms with van der Waals surface area (Å²) in [7, 11) is 1.53. The van der Waals surface area contributed by atoms with Crippen molar-refractivity contribution in [3.8, 4) is 5.88 Å². The molecule has 1 spiro atoms. The molecule has 0 unspecified atom stereocenters. The van der Waals surface area contributed by atoms with E-state index in [9.17, 15) is 9.59 Å². The lowest BCUT2D eigenvalue weighted by molar-refractivity contribution is -0.101. The molecular formula is C21H31N3O4. The van der Waals surface area contributed by atoms with Crippen LogP contribution < -0.4 is 4.74 Å². The van der Waals surface area contributed by atoms with E-state index >= 15 is 0 Å². The SMILES string of the molecule is CCCN(C(=O)c1cccnc1OC)C1CC2(C1)CN(C(=O)OC(C)(C)C)C2. The molecule has 1 saturated carbocycles. The van der Waals surface area contributed by atoms with Crippen LogP contribution in [0.5, 0.6) is 5.88 Å². The summed E-state index contributed by atoms with van der Waals surface area (Å²) in [6.45, 7) is 9.82. The van der Waals surface area contributed by atoms with Gasteiger partial charge in [0.25, 0.3) is 5.91 Å². The maximum Gasteiger partial charge on any atom is 0.410 e. The first-order chi connectivity index (χ1) is 13.2. The third-order valence-corrected chi connectivity index (χ3v) is 5.40. The predicted molar refractivity (Wildman–Crippen MR) is 105 cm³/mol. The first kappa shape index (κ1) is 20.4. The van der Waals surface area contributed by atoms with E-state index in [-0.39, 0.29) is 23.5 Å². The predicted octanol–water partition coefficient (Wildman–Crippen LogP) is 3.34. The van der Waals surface area contributed by atoms with Gasteiger partial charge in [-0.25, -0.2) is 9.78 Å². The molecule has 7 nitrogen and oxygen atoms in total. The lowest BCUT2D eigenvalue weighted by atomic mass is 9.60. The number of pyridine rings is 1. The zero-order valence-corrected chi connectivity index (χ0v) is 17.5. The Balaban J connectivity index is 1.60. The average molecular weight is 389 g/mol. The van der Waals surface area contributed by atoms with E-state index in [4.69, 9.17) is 9.47 Å². The van der Waals surface area contributed by atoms with Crippen LogP contribution in [0.1, 0.15) is 57.3 Å². The monoisotopic (exact) mass is 389 g/mol. The van der Waals surface area contributed by atoms with Crippen molar-refractivity contribution in [3.63, 3.8) is 0 Å². The summed E-state index contributed by atoms with van der Waals surface area (Å²) in [5, 5.41) is 0. The van der Waals surface area contributed by atoms with E-state index in [1.54, 1.807) is 23.2 Å². The largest absolute Gasteiger partial charge is 0.480 e. The number of amides is 2. The van der Waals surface area contributed by atoms with Crippen LogP contribution in [-0.2, 0) is 4.74 Å². The first-order valence-corrected chi connectivity index (χ1v) is 9.96. The highest BCUT2D eigenvalue weighted by Crippen LogP contribution is 2.50. The molecular weight excluding hydrogens is 358 g/mol.